The van der Waals surface area contributed by atoms with Crippen LogP contribution in [0, 0.1) is 23.0 Å². The molecule has 1 aromatic heterocycles. The Hall–Kier alpha value is -4.64. The summed E-state index contributed by atoms with van der Waals surface area (Å²) in [6.45, 7) is 0.0835. The van der Waals surface area contributed by atoms with E-state index in [4.69, 9.17) is 15.2 Å². The van der Waals surface area contributed by atoms with Crippen LogP contribution in [0.2, 0.25) is 0 Å². The first-order chi connectivity index (χ1) is 16.5. The molecule has 0 bridgehead atoms. The van der Waals surface area contributed by atoms with Crippen molar-refractivity contribution in [1.82, 2.24) is 10.2 Å². The van der Waals surface area contributed by atoms with Gasteiger partial charge in [-0.15, -0.1) is 5.10 Å². The van der Waals surface area contributed by atoms with Gasteiger partial charge in [0.05, 0.1) is 17.2 Å². The van der Waals surface area contributed by atoms with Crippen LogP contribution in [0.1, 0.15) is 22.6 Å². The maximum atomic E-state index is 13.9. The number of ether oxygens (including phenoxy) is 2. The predicted molar refractivity (Wildman–Crippen MR) is 120 cm³/mol. The molecule has 0 spiro atoms. The molecule has 6 nitrogen and oxygen atoms in total. The van der Waals surface area contributed by atoms with Crippen LogP contribution in [-0.4, -0.2) is 10.2 Å². The van der Waals surface area contributed by atoms with Crippen molar-refractivity contribution in [1.29, 1.82) is 5.26 Å². The minimum atomic E-state index is -0.562. The van der Waals surface area contributed by atoms with Crippen molar-refractivity contribution >= 4 is 0 Å². The van der Waals surface area contributed by atoms with Crippen LogP contribution < -0.4 is 15.2 Å². The normalized spacial score (nSPS) is 14.8. The minimum Gasteiger partial charge on any atom is -0.489 e. The zero-order chi connectivity index (χ0) is 23.7. The average Bonchev–Trinajstić information content (AvgIpc) is 3.27. The molecule has 4 aromatic rings. The van der Waals surface area contributed by atoms with E-state index in [1.165, 1.54) is 18.2 Å². The number of nitrogens with one attached hydrogen (secondary N) is 1. The zero-order valence-electron chi connectivity index (χ0n) is 17.8. The fraction of sp³-hybridized carbons (Fsp3) is 0.0769. The van der Waals surface area contributed by atoms with Gasteiger partial charge in [-0.25, -0.2) is 8.78 Å². The highest BCUT2D eigenvalue weighted by Crippen LogP contribution is 2.45. The van der Waals surface area contributed by atoms with E-state index in [1.54, 1.807) is 42.5 Å². The molecule has 0 radical (unpaired) electrons. The molecule has 34 heavy (non-hydrogen) atoms. The second-order valence-corrected chi connectivity index (χ2v) is 7.70. The van der Waals surface area contributed by atoms with E-state index in [9.17, 15) is 14.0 Å². The maximum Gasteiger partial charge on any atom is 0.244 e. The van der Waals surface area contributed by atoms with Gasteiger partial charge in [0, 0.05) is 11.1 Å². The van der Waals surface area contributed by atoms with Crippen molar-refractivity contribution in [3.8, 4) is 29.0 Å². The first-order valence-electron chi connectivity index (χ1n) is 10.4. The molecule has 168 valence electrons. The number of hydrogen-bond donors (Lipinski definition) is 2. The second-order valence-electron chi connectivity index (χ2n) is 7.70. The van der Waals surface area contributed by atoms with Crippen molar-refractivity contribution in [2.24, 2.45) is 5.73 Å². The lowest BCUT2D eigenvalue weighted by molar-refractivity contribution is 0.300. The van der Waals surface area contributed by atoms with E-state index in [0.29, 0.717) is 28.1 Å². The van der Waals surface area contributed by atoms with Gasteiger partial charge in [-0.2, -0.15) is 5.26 Å². The number of aromatic nitrogens is 2. The number of aromatic amines is 1. The van der Waals surface area contributed by atoms with Crippen LogP contribution in [0.15, 0.2) is 84.3 Å². The Labute approximate surface area is 193 Å². The highest BCUT2D eigenvalue weighted by atomic mass is 19.1. The van der Waals surface area contributed by atoms with Crippen molar-refractivity contribution < 1.29 is 18.3 Å². The quantitative estimate of drug-likeness (QED) is 0.433. The van der Waals surface area contributed by atoms with E-state index in [1.807, 2.05) is 12.1 Å². The fourth-order valence-corrected chi connectivity index (χ4v) is 3.95. The van der Waals surface area contributed by atoms with Gasteiger partial charge in [0.25, 0.3) is 0 Å². The number of nitrogens with two attached hydrogens (primary N) is 1. The Bertz CT molecular complexity index is 1420. The zero-order valence-corrected chi connectivity index (χ0v) is 17.8. The van der Waals surface area contributed by atoms with Crippen molar-refractivity contribution in [3.05, 3.63) is 113 Å². The number of rotatable bonds is 5. The monoisotopic (exact) mass is 456 g/mol. The summed E-state index contributed by atoms with van der Waals surface area (Å²) in [5, 5.41) is 17.0. The van der Waals surface area contributed by atoms with Gasteiger partial charge >= 0.3 is 0 Å². The molecule has 8 heteroatoms. The Morgan fingerprint density at radius 3 is 2.47 bits per heavy atom. The summed E-state index contributed by atoms with van der Waals surface area (Å²) < 4.78 is 38.6. The van der Waals surface area contributed by atoms with Crippen molar-refractivity contribution in [2.75, 3.05) is 0 Å². The number of allylic oxidation sites excluding steroid dienone is 1. The third kappa shape index (κ3) is 3.84. The SMILES string of the molecule is N#CC1=C(N)Oc2n[nH]c(-c3ccc(F)cc3)c2C1c1ccc(OCc2ccccc2F)cc1. The van der Waals surface area contributed by atoms with Crippen molar-refractivity contribution in [2.45, 2.75) is 12.5 Å². The van der Waals surface area contributed by atoms with Crippen LogP contribution in [-0.2, 0) is 6.61 Å². The van der Waals surface area contributed by atoms with Gasteiger partial charge < -0.3 is 15.2 Å². The van der Waals surface area contributed by atoms with Gasteiger partial charge in [0.1, 0.15) is 35.6 Å². The molecule has 3 N–H and O–H groups in total. The lowest BCUT2D eigenvalue weighted by Gasteiger charge is -2.24. The van der Waals surface area contributed by atoms with Gasteiger partial charge in [0.2, 0.25) is 11.8 Å². The standard InChI is InChI=1S/C26H18F2N4O2/c27-18-9-5-16(6-10-18)24-23-22(20(13-29)25(30)34-26(23)32-31-24)15-7-11-19(12-8-15)33-14-17-3-1-2-4-21(17)28/h1-12,22H,14,30H2,(H,31,32). The molecule has 1 unspecified atom stereocenters. The van der Waals surface area contributed by atoms with E-state index < -0.39 is 5.92 Å². The summed E-state index contributed by atoms with van der Waals surface area (Å²) in [7, 11) is 0. The molecule has 2 heterocycles. The summed E-state index contributed by atoms with van der Waals surface area (Å²) >= 11 is 0. The number of hydrogen-bond acceptors (Lipinski definition) is 5. The molecule has 1 aliphatic rings. The topological polar surface area (TPSA) is 97.0 Å². The molecule has 0 fully saturated rings. The number of nitrogens with zero attached hydrogens (tertiary/aromatic N) is 2. The third-order valence-electron chi connectivity index (χ3n) is 5.64. The Morgan fingerprint density at radius 1 is 1.03 bits per heavy atom. The molecule has 1 aliphatic heterocycles. The molecule has 0 amide bonds. The van der Waals surface area contributed by atoms with E-state index >= 15 is 0 Å². The van der Waals surface area contributed by atoms with Gasteiger partial charge in [-0.05, 0) is 48.0 Å². The largest absolute Gasteiger partial charge is 0.489 e. The highest BCUT2D eigenvalue weighted by Gasteiger charge is 2.35. The summed E-state index contributed by atoms with van der Waals surface area (Å²) in [6.07, 6.45) is 0. The van der Waals surface area contributed by atoms with Crippen LogP contribution in [0.3, 0.4) is 0 Å². The van der Waals surface area contributed by atoms with Crippen LogP contribution in [0.5, 0.6) is 11.6 Å². The molecule has 3 aromatic carbocycles. The second kappa shape index (κ2) is 8.71. The first-order valence-corrected chi connectivity index (χ1v) is 10.4. The number of H-pyrrole nitrogens is 1. The minimum absolute atomic E-state index is 0.0305. The molecule has 0 saturated carbocycles. The Morgan fingerprint density at radius 2 is 1.76 bits per heavy atom. The van der Waals surface area contributed by atoms with Crippen molar-refractivity contribution in [3.63, 3.8) is 0 Å². The third-order valence-corrected chi connectivity index (χ3v) is 5.64. The van der Waals surface area contributed by atoms with Crippen LogP contribution in [0.25, 0.3) is 11.3 Å². The maximum absolute atomic E-state index is 13.9. The number of nitriles is 1. The summed E-state index contributed by atoms with van der Waals surface area (Å²) in [6, 6.07) is 21.6. The van der Waals surface area contributed by atoms with E-state index in [2.05, 4.69) is 16.3 Å². The average molecular weight is 456 g/mol. The lowest BCUT2D eigenvalue weighted by atomic mass is 9.83. The van der Waals surface area contributed by atoms with Crippen LogP contribution in [0.4, 0.5) is 8.78 Å². The van der Waals surface area contributed by atoms with Crippen LogP contribution >= 0.6 is 0 Å². The fourth-order valence-electron chi connectivity index (χ4n) is 3.95. The van der Waals surface area contributed by atoms with E-state index in [-0.39, 0.29) is 35.6 Å². The summed E-state index contributed by atoms with van der Waals surface area (Å²) in [5.41, 5.74) is 9.37. The molecule has 1 atom stereocenters. The smallest absolute Gasteiger partial charge is 0.244 e. The summed E-state index contributed by atoms with van der Waals surface area (Å²) in [4.78, 5) is 0. The number of halogens is 2. The van der Waals surface area contributed by atoms with E-state index in [0.717, 1.165) is 5.56 Å². The number of benzene rings is 3. The predicted octanol–water partition coefficient (Wildman–Crippen LogP) is 5.15. The summed E-state index contributed by atoms with van der Waals surface area (Å²) in [5.74, 6) is -0.495. The molecular formula is C26H18F2N4O2. The van der Waals surface area contributed by atoms with Gasteiger partial charge in [-0.3, -0.25) is 5.10 Å². The highest BCUT2D eigenvalue weighted by molar-refractivity contribution is 5.70. The molecule has 5 rings (SSSR count). The Kier molecular flexibility index (Phi) is 5.44. The molecule has 0 aliphatic carbocycles. The van der Waals surface area contributed by atoms with Gasteiger partial charge in [-0.1, -0.05) is 30.3 Å². The number of fused-ring (bicyclic) bond motifs is 1. The lowest BCUT2D eigenvalue weighted by Crippen LogP contribution is -2.21. The van der Waals surface area contributed by atoms with Gasteiger partial charge in [0.15, 0.2) is 0 Å². The molecule has 0 saturated heterocycles. The first kappa shape index (κ1) is 21.2. The molecular weight excluding hydrogens is 438 g/mol. The Balaban J connectivity index is 1.49.